The van der Waals surface area contributed by atoms with Crippen LogP contribution >= 0.6 is 0 Å². The fourth-order valence-corrected chi connectivity index (χ4v) is 1.11. The predicted octanol–water partition coefficient (Wildman–Crippen LogP) is 1.53. The molecule has 1 aromatic carbocycles. The fraction of sp³-hybridized carbons (Fsp3) is 0.333. The molecule has 0 aliphatic heterocycles. The lowest BCUT2D eigenvalue weighted by Gasteiger charge is -2.08. The van der Waals surface area contributed by atoms with Crippen molar-refractivity contribution in [2.24, 2.45) is 11.7 Å². The smallest absolute Gasteiger partial charge is 0.251 e. The molecule has 5 heteroatoms. The molecule has 0 bridgehead atoms. The van der Waals surface area contributed by atoms with E-state index < -0.39 is 11.7 Å². The quantitative estimate of drug-likeness (QED) is 0.847. The summed E-state index contributed by atoms with van der Waals surface area (Å²) in [5.41, 5.74) is 4.75. The molecule has 1 amide bonds. The maximum atomic E-state index is 13.3. The molecule has 2 N–H and O–H groups in total. The first-order valence-electron chi connectivity index (χ1n) is 5.16. The van der Waals surface area contributed by atoms with Gasteiger partial charge < -0.3 is 10.5 Å². The Hall–Kier alpha value is -1.91. The highest BCUT2D eigenvalue weighted by Crippen LogP contribution is 2.16. The number of benzene rings is 1. The van der Waals surface area contributed by atoms with E-state index in [0.717, 1.165) is 6.07 Å². The molecule has 0 radical (unpaired) electrons. The van der Waals surface area contributed by atoms with Gasteiger partial charge in [0.1, 0.15) is 18.2 Å². The third-order valence-corrected chi connectivity index (χ3v) is 2.23. The van der Waals surface area contributed by atoms with Crippen molar-refractivity contribution in [2.75, 3.05) is 6.61 Å². The molecular formula is C12H14FNO3. The van der Waals surface area contributed by atoms with E-state index in [-0.39, 0.29) is 29.6 Å². The maximum Gasteiger partial charge on any atom is 0.251 e. The molecule has 1 aromatic rings. The van der Waals surface area contributed by atoms with Gasteiger partial charge >= 0.3 is 0 Å². The van der Waals surface area contributed by atoms with Gasteiger partial charge in [-0.15, -0.1) is 0 Å². The zero-order chi connectivity index (χ0) is 13.0. The molecule has 0 atom stereocenters. The topological polar surface area (TPSA) is 69.4 Å². The summed E-state index contributed by atoms with van der Waals surface area (Å²) in [6, 6.07) is 3.66. The lowest BCUT2D eigenvalue weighted by molar-refractivity contribution is -0.123. The van der Waals surface area contributed by atoms with E-state index >= 15 is 0 Å². The van der Waals surface area contributed by atoms with E-state index in [9.17, 15) is 14.0 Å². The second-order valence-corrected chi connectivity index (χ2v) is 3.92. The van der Waals surface area contributed by atoms with Crippen molar-refractivity contribution in [1.29, 1.82) is 0 Å². The van der Waals surface area contributed by atoms with Crippen LogP contribution in [-0.2, 0) is 4.79 Å². The van der Waals surface area contributed by atoms with E-state index in [1.165, 1.54) is 12.1 Å². The summed E-state index contributed by atoms with van der Waals surface area (Å²) in [7, 11) is 0. The molecule has 92 valence electrons. The van der Waals surface area contributed by atoms with E-state index in [1.807, 2.05) is 0 Å². The minimum Gasteiger partial charge on any atom is -0.486 e. The third-order valence-electron chi connectivity index (χ3n) is 2.23. The lowest BCUT2D eigenvalue weighted by Crippen LogP contribution is -2.17. The fourth-order valence-electron chi connectivity index (χ4n) is 1.11. The zero-order valence-corrected chi connectivity index (χ0v) is 9.70. The zero-order valence-electron chi connectivity index (χ0n) is 9.70. The molecule has 1 rings (SSSR count). The normalized spacial score (nSPS) is 10.4. The summed E-state index contributed by atoms with van der Waals surface area (Å²) < 4.78 is 18.4. The van der Waals surface area contributed by atoms with Crippen LogP contribution in [0, 0.1) is 11.7 Å². The van der Waals surface area contributed by atoms with Crippen LogP contribution in [0.4, 0.5) is 4.39 Å². The largest absolute Gasteiger partial charge is 0.486 e. The molecule has 0 unspecified atom stereocenters. The number of carbonyl (C=O) groups excluding carboxylic acids is 2. The van der Waals surface area contributed by atoms with Crippen molar-refractivity contribution < 1.29 is 18.7 Å². The van der Waals surface area contributed by atoms with Gasteiger partial charge in [-0.25, -0.2) is 4.39 Å². The summed E-state index contributed by atoms with van der Waals surface area (Å²) in [5, 5.41) is 0. The van der Waals surface area contributed by atoms with Crippen LogP contribution in [-0.4, -0.2) is 18.3 Å². The lowest BCUT2D eigenvalue weighted by atomic mass is 10.1. The number of hydrogen-bond acceptors (Lipinski definition) is 3. The number of rotatable bonds is 5. The van der Waals surface area contributed by atoms with Crippen LogP contribution in [0.5, 0.6) is 5.75 Å². The summed E-state index contributed by atoms with van der Waals surface area (Å²) in [5.74, 6) is -1.62. The van der Waals surface area contributed by atoms with Gasteiger partial charge in [0.2, 0.25) is 0 Å². The highest BCUT2D eigenvalue weighted by atomic mass is 19.1. The molecule has 17 heavy (non-hydrogen) atoms. The van der Waals surface area contributed by atoms with Crippen molar-refractivity contribution in [1.82, 2.24) is 0 Å². The minimum atomic E-state index is -0.840. The average molecular weight is 239 g/mol. The highest BCUT2D eigenvalue weighted by Gasteiger charge is 2.11. The number of primary amides is 1. The number of Topliss-reactive ketones (excluding diaryl/α,β-unsaturated/α-hetero) is 1. The maximum absolute atomic E-state index is 13.3. The van der Waals surface area contributed by atoms with Gasteiger partial charge in [0, 0.05) is 12.0 Å². The Morgan fingerprint density at radius 3 is 2.53 bits per heavy atom. The standard InChI is InChI=1S/C12H14FNO3/c1-7(2)11(15)6-17-8-3-4-9(12(14)16)10(13)5-8/h3-5,7H,6H2,1-2H3,(H2,14,16). The van der Waals surface area contributed by atoms with Crippen LogP contribution < -0.4 is 10.5 Å². The van der Waals surface area contributed by atoms with E-state index in [0.29, 0.717) is 0 Å². The van der Waals surface area contributed by atoms with Gasteiger partial charge in [-0.3, -0.25) is 9.59 Å². The predicted molar refractivity (Wildman–Crippen MR) is 60.3 cm³/mol. The Morgan fingerprint density at radius 1 is 1.41 bits per heavy atom. The van der Waals surface area contributed by atoms with Gasteiger partial charge in [-0.05, 0) is 12.1 Å². The molecule has 0 spiro atoms. The van der Waals surface area contributed by atoms with Crippen LogP contribution in [0.15, 0.2) is 18.2 Å². The van der Waals surface area contributed by atoms with Gasteiger partial charge in [-0.2, -0.15) is 0 Å². The Bertz CT molecular complexity index is 443. The molecule has 0 saturated carbocycles. The molecular weight excluding hydrogens is 225 g/mol. The van der Waals surface area contributed by atoms with E-state index in [4.69, 9.17) is 10.5 Å². The Kier molecular flexibility index (Phi) is 4.20. The summed E-state index contributed by atoms with van der Waals surface area (Å²) in [4.78, 5) is 22.1. The molecule has 0 aromatic heterocycles. The summed E-state index contributed by atoms with van der Waals surface area (Å²) in [6.45, 7) is 3.39. The van der Waals surface area contributed by atoms with E-state index in [1.54, 1.807) is 13.8 Å². The van der Waals surface area contributed by atoms with Gasteiger partial charge in [0.15, 0.2) is 5.78 Å². The monoisotopic (exact) mass is 239 g/mol. The first kappa shape index (κ1) is 13.2. The van der Waals surface area contributed by atoms with Crippen molar-refractivity contribution in [3.8, 4) is 5.75 Å². The molecule has 0 aliphatic rings. The van der Waals surface area contributed by atoms with E-state index in [2.05, 4.69) is 0 Å². The molecule has 4 nitrogen and oxygen atoms in total. The molecule has 0 saturated heterocycles. The number of ether oxygens (including phenoxy) is 1. The first-order valence-corrected chi connectivity index (χ1v) is 5.16. The Morgan fingerprint density at radius 2 is 2.06 bits per heavy atom. The molecule has 0 aliphatic carbocycles. The first-order chi connectivity index (χ1) is 7.91. The van der Waals surface area contributed by atoms with Crippen LogP contribution in [0.2, 0.25) is 0 Å². The van der Waals surface area contributed by atoms with Gasteiger partial charge in [0.05, 0.1) is 5.56 Å². The second-order valence-electron chi connectivity index (χ2n) is 3.92. The number of ketones is 1. The van der Waals surface area contributed by atoms with Crippen molar-refractivity contribution in [3.63, 3.8) is 0 Å². The summed E-state index contributed by atoms with van der Waals surface area (Å²) in [6.07, 6.45) is 0. The Labute approximate surface area is 98.6 Å². The molecule has 0 fully saturated rings. The van der Waals surface area contributed by atoms with Crippen molar-refractivity contribution in [3.05, 3.63) is 29.6 Å². The minimum absolute atomic E-state index is 0.0793. The Balaban J connectivity index is 2.71. The SMILES string of the molecule is CC(C)C(=O)COc1ccc(C(N)=O)c(F)c1. The van der Waals surface area contributed by atoms with Crippen LogP contribution in [0.3, 0.4) is 0 Å². The number of amides is 1. The van der Waals surface area contributed by atoms with Crippen LogP contribution in [0.25, 0.3) is 0 Å². The molecule has 0 heterocycles. The van der Waals surface area contributed by atoms with Crippen molar-refractivity contribution >= 4 is 11.7 Å². The average Bonchev–Trinajstić information content (AvgIpc) is 2.25. The number of nitrogens with two attached hydrogens (primary N) is 1. The number of carbonyl (C=O) groups is 2. The van der Waals surface area contributed by atoms with Crippen molar-refractivity contribution in [2.45, 2.75) is 13.8 Å². The van der Waals surface area contributed by atoms with Gasteiger partial charge in [0.25, 0.3) is 5.91 Å². The second kappa shape index (κ2) is 5.43. The van der Waals surface area contributed by atoms with Gasteiger partial charge in [-0.1, -0.05) is 13.8 Å². The van der Waals surface area contributed by atoms with Crippen LogP contribution in [0.1, 0.15) is 24.2 Å². The number of halogens is 1. The summed E-state index contributed by atoms with van der Waals surface area (Å²) >= 11 is 0. The third kappa shape index (κ3) is 3.55. The highest BCUT2D eigenvalue weighted by molar-refractivity contribution is 5.93. The number of hydrogen-bond donors (Lipinski definition) is 1.